The van der Waals surface area contributed by atoms with Gasteiger partial charge >= 0.3 is 0 Å². The molecule has 0 aromatic heterocycles. The van der Waals surface area contributed by atoms with Crippen molar-refractivity contribution in [3.8, 4) is 5.75 Å². The van der Waals surface area contributed by atoms with Crippen molar-refractivity contribution in [2.24, 2.45) is 0 Å². The van der Waals surface area contributed by atoms with E-state index in [1.165, 1.54) is 22.3 Å². The van der Waals surface area contributed by atoms with Crippen molar-refractivity contribution in [2.45, 2.75) is 25.3 Å². The van der Waals surface area contributed by atoms with Gasteiger partial charge in [0.05, 0.1) is 13.2 Å². The van der Waals surface area contributed by atoms with E-state index >= 15 is 0 Å². The molecule has 2 aliphatic carbocycles. The summed E-state index contributed by atoms with van der Waals surface area (Å²) in [6, 6.07) is 6.50. The van der Waals surface area contributed by atoms with E-state index in [1.807, 2.05) is 6.07 Å². The Morgan fingerprint density at radius 2 is 2.18 bits per heavy atom. The molecule has 0 amide bonds. The Labute approximate surface area is 135 Å². The monoisotopic (exact) mass is 310 g/mol. The topological polar surface area (TPSA) is 33.3 Å². The normalized spacial score (nSPS) is 22.5. The van der Waals surface area contributed by atoms with E-state index in [2.05, 4.69) is 41.0 Å². The smallest absolute Gasteiger partial charge is 0.171 e. The van der Waals surface area contributed by atoms with E-state index in [1.54, 1.807) is 7.11 Å². The van der Waals surface area contributed by atoms with Crippen LogP contribution in [0.25, 0.3) is 5.70 Å². The lowest BCUT2D eigenvalue weighted by Gasteiger charge is -2.36. The average Bonchev–Trinajstić information content (AvgIpc) is 3.07. The molecule has 3 aliphatic rings. The second-order valence-corrected chi connectivity index (χ2v) is 6.21. The van der Waals surface area contributed by atoms with E-state index in [9.17, 15) is 0 Å². The van der Waals surface area contributed by atoms with E-state index in [0.29, 0.717) is 5.11 Å². The molecule has 0 spiro atoms. The minimum atomic E-state index is 0.196. The summed E-state index contributed by atoms with van der Waals surface area (Å²) in [4.78, 5) is 0. The number of nitrogens with one attached hydrogen (secondary N) is 2. The lowest BCUT2D eigenvalue weighted by Crippen LogP contribution is -2.49. The zero-order valence-electron chi connectivity index (χ0n) is 12.5. The maximum Gasteiger partial charge on any atom is 0.171 e. The Morgan fingerprint density at radius 1 is 1.27 bits per heavy atom. The highest BCUT2D eigenvalue weighted by Crippen LogP contribution is 2.37. The van der Waals surface area contributed by atoms with Crippen LogP contribution in [0.2, 0.25) is 0 Å². The molecular weight excluding hydrogens is 292 g/mol. The van der Waals surface area contributed by atoms with Gasteiger partial charge in [-0.05, 0) is 60.3 Å². The molecule has 1 unspecified atom stereocenters. The van der Waals surface area contributed by atoms with Gasteiger partial charge in [-0.3, -0.25) is 0 Å². The minimum absolute atomic E-state index is 0.196. The van der Waals surface area contributed by atoms with Gasteiger partial charge in [0, 0.05) is 11.3 Å². The molecule has 0 bridgehead atoms. The Balaban J connectivity index is 1.84. The highest BCUT2D eigenvalue weighted by atomic mass is 32.1. The first kappa shape index (κ1) is 13.6. The summed E-state index contributed by atoms with van der Waals surface area (Å²) >= 11 is 5.44. The van der Waals surface area contributed by atoms with Crippen molar-refractivity contribution >= 4 is 23.0 Å². The van der Waals surface area contributed by atoms with Crippen LogP contribution >= 0.6 is 12.2 Å². The summed E-state index contributed by atoms with van der Waals surface area (Å²) in [5, 5.41) is 7.50. The Hall–Kier alpha value is -2.07. The third-order valence-electron chi connectivity index (χ3n) is 4.57. The lowest BCUT2D eigenvalue weighted by atomic mass is 9.83. The summed E-state index contributed by atoms with van der Waals surface area (Å²) in [7, 11) is 1.71. The molecule has 1 aromatic carbocycles. The second kappa shape index (κ2) is 5.29. The van der Waals surface area contributed by atoms with Gasteiger partial charge < -0.3 is 15.4 Å². The molecule has 22 heavy (non-hydrogen) atoms. The largest absolute Gasteiger partial charge is 0.497 e. The number of allylic oxidation sites excluding steroid dienone is 2. The van der Waals surface area contributed by atoms with Crippen molar-refractivity contribution in [2.75, 3.05) is 7.11 Å². The van der Waals surface area contributed by atoms with Crippen molar-refractivity contribution in [1.29, 1.82) is 0 Å². The van der Waals surface area contributed by atoms with Gasteiger partial charge in [-0.15, -0.1) is 0 Å². The van der Waals surface area contributed by atoms with Crippen LogP contribution in [0.5, 0.6) is 5.75 Å². The summed E-state index contributed by atoms with van der Waals surface area (Å²) in [5.74, 6) is 0.885. The van der Waals surface area contributed by atoms with Crippen molar-refractivity contribution in [3.63, 3.8) is 0 Å². The molecule has 1 aliphatic heterocycles. The van der Waals surface area contributed by atoms with E-state index in [4.69, 9.17) is 17.0 Å². The minimum Gasteiger partial charge on any atom is -0.497 e. The number of methoxy groups -OCH3 is 1. The summed E-state index contributed by atoms with van der Waals surface area (Å²) in [5.41, 5.74) is 6.45. The first-order valence-electron chi connectivity index (χ1n) is 7.60. The lowest BCUT2D eigenvalue weighted by molar-refractivity contribution is 0.414. The predicted octanol–water partition coefficient (Wildman–Crippen LogP) is 3.09. The first-order valence-corrected chi connectivity index (χ1v) is 8.01. The fourth-order valence-corrected chi connectivity index (χ4v) is 3.70. The van der Waals surface area contributed by atoms with Crippen molar-refractivity contribution in [1.82, 2.24) is 10.6 Å². The molecule has 0 saturated carbocycles. The fraction of sp³-hybridized carbons (Fsp3) is 0.278. The quantitative estimate of drug-likeness (QED) is 0.823. The van der Waals surface area contributed by atoms with Gasteiger partial charge in [-0.25, -0.2) is 0 Å². The van der Waals surface area contributed by atoms with Crippen LogP contribution in [0.4, 0.5) is 0 Å². The molecule has 112 valence electrons. The maximum absolute atomic E-state index is 5.44. The fourth-order valence-electron chi connectivity index (χ4n) is 3.48. The molecule has 0 saturated heterocycles. The number of hydrogen-bond acceptors (Lipinski definition) is 2. The first-order chi connectivity index (χ1) is 10.8. The summed E-state index contributed by atoms with van der Waals surface area (Å²) in [6.07, 6.45) is 9.80. The third-order valence-corrected chi connectivity index (χ3v) is 4.79. The van der Waals surface area contributed by atoms with Crippen LogP contribution in [0.15, 0.2) is 47.6 Å². The van der Waals surface area contributed by atoms with Crippen LogP contribution in [0, 0.1) is 0 Å². The number of hydrogen-bond donors (Lipinski definition) is 2. The Kier molecular flexibility index (Phi) is 3.26. The number of aryl methyl sites for hydroxylation is 1. The molecule has 1 aromatic rings. The van der Waals surface area contributed by atoms with Crippen LogP contribution in [-0.4, -0.2) is 18.3 Å². The van der Waals surface area contributed by atoms with Gasteiger partial charge in [0.15, 0.2) is 5.11 Å². The number of benzene rings is 1. The molecule has 2 N–H and O–H groups in total. The van der Waals surface area contributed by atoms with E-state index in [-0.39, 0.29) is 6.04 Å². The molecule has 1 heterocycles. The molecule has 1 atom stereocenters. The Bertz CT molecular complexity index is 745. The van der Waals surface area contributed by atoms with Gasteiger partial charge in [-0.2, -0.15) is 0 Å². The number of ether oxygens (including phenoxy) is 1. The van der Waals surface area contributed by atoms with E-state index in [0.717, 1.165) is 30.7 Å². The molecule has 0 radical (unpaired) electrons. The Morgan fingerprint density at radius 3 is 2.95 bits per heavy atom. The van der Waals surface area contributed by atoms with E-state index < -0.39 is 0 Å². The molecular formula is C18H18N2OS. The van der Waals surface area contributed by atoms with Gasteiger partial charge in [0.1, 0.15) is 5.75 Å². The average molecular weight is 310 g/mol. The zero-order chi connectivity index (χ0) is 15.1. The van der Waals surface area contributed by atoms with Crippen LogP contribution in [0.3, 0.4) is 0 Å². The zero-order valence-corrected chi connectivity index (χ0v) is 13.3. The summed E-state index contributed by atoms with van der Waals surface area (Å²) < 4.78 is 5.39. The highest BCUT2D eigenvalue weighted by Gasteiger charge is 2.31. The number of rotatable bonds is 2. The van der Waals surface area contributed by atoms with Gasteiger partial charge in [0.25, 0.3) is 0 Å². The second-order valence-electron chi connectivity index (χ2n) is 5.80. The standard InChI is InChI=1S/C18H18N2OS/c1-21-13-8-6-11-7-9-14-16(12-4-2-3-5-12)19-18(22)20-17(14)15(11)10-13/h2,4-6,8,10,16H,3,7,9H2,1H3,(H2,19,20,22). The van der Waals surface area contributed by atoms with Crippen LogP contribution in [0.1, 0.15) is 24.0 Å². The summed E-state index contributed by atoms with van der Waals surface area (Å²) in [6.45, 7) is 0. The number of thiocarbonyl (C=S) groups is 1. The van der Waals surface area contributed by atoms with Crippen molar-refractivity contribution < 1.29 is 4.74 Å². The van der Waals surface area contributed by atoms with Crippen LogP contribution < -0.4 is 15.4 Å². The molecule has 0 fully saturated rings. The van der Waals surface area contributed by atoms with Gasteiger partial charge in [-0.1, -0.05) is 24.3 Å². The number of fused-ring (bicyclic) bond motifs is 2. The molecule has 4 heteroatoms. The van der Waals surface area contributed by atoms with Gasteiger partial charge in [0.2, 0.25) is 0 Å². The maximum atomic E-state index is 5.44. The SMILES string of the molecule is COc1ccc2c(c1)C1=C(CC2)C(C2=CCC=C2)NC(=S)N1. The van der Waals surface area contributed by atoms with Crippen molar-refractivity contribution in [3.05, 3.63) is 58.7 Å². The molecule has 4 rings (SSSR count). The predicted molar refractivity (Wildman–Crippen MR) is 92.7 cm³/mol. The van der Waals surface area contributed by atoms with Crippen LogP contribution in [-0.2, 0) is 6.42 Å². The highest BCUT2D eigenvalue weighted by molar-refractivity contribution is 7.80. The molecule has 3 nitrogen and oxygen atoms in total. The third kappa shape index (κ3) is 2.15.